The molecular formula is C11H21NO2. The SMILES string of the molecule is CCCC(C)N1CCCC(C(=O)O)C1. The molecule has 0 aliphatic carbocycles. The highest BCUT2D eigenvalue weighted by Crippen LogP contribution is 2.20. The summed E-state index contributed by atoms with van der Waals surface area (Å²) in [5.41, 5.74) is 0. The Kier molecular flexibility index (Phi) is 4.39. The van der Waals surface area contributed by atoms with Crippen molar-refractivity contribution in [3.05, 3.63) is 0 Å². The lowest BCUT2D eigenvalue weighted by molar-refractivity contribution is -0.143. The number of carboxylic acids is 1. The molecule has 0 bridgehead atoms. The van der Waals surface area contributed by atoms with E-state index in [1.807, 2.05) is 0 Å². The van der Waals surface area contributed by atoms with Crippen molar-refractivity contribution < 1.29 is 9.90 Å². The molecule has 1 saturated heterocycles. The Morgan fingerprint density at radius 3 is 2.93 bits per heavy atom. The lowest BCUT2D eigenvalue weighted by Crippen LogP contribution is -2.43. The van der Waals surface area contributed by atoms with E-state index in [-0.39, 0.29) is 5.92 Å². The number of rotatable bonds is 4. The summed E-state index contributed by atoms with van der Waals surface area (Å²) in [6.45, 7) is 6.20. The van der Waals surface area contributed by atoms with Gasteiger partial charge in [-0.15, -0.1) is 0 Å². The molecule has 3 nitrogen and oxygen atoms in total. The van der Waals surface area contributed by atoms with Crippen molar-refractivity contribution in [3.8, 4) is 0 Å². The van der Waals surface area contributed by atoms with E-state index < -0.39 is 5.97 Å². The summed E-state index contributed by atoms with van der Waals surface area (Å²) < 4.78 is 0. The zero-order valence-corrected chi connectivity index (χ0v) is 9.20. The highest BCUT2D eigenvalue weighted by atomic mass is 16.4. The molecule has 1 fully saturated rings. The minimum absolute atomic E-state index is 0.136. The molecule has 0 aromatic heterocycles. The molecule has 14 heavy (non-hydrogen) atoms. The first-order valence-electron chi connectivity index (χ1n) is 5.62. The van der Waals surface area contributed by atoms with Crippen LogP contribution in [0.15, 0.2) is 0 Å². The molecule has 2 atom stereocenters. The van der Waals surface area contributed by atoms with Crippen LogP contribution in [0.1, 0.15) is 39.5 Å². The summed E-state index contributed by atoms with van der Waals surface area (Å²) in [5.74, 6) is -0.763. The average molecular weight is 199 g/mol. The molecule has 1 aliphatic heterocycles. The third-order valence-electron chi connectivity index (χ3n) is 3.13. The van der Waals surface area contributed by atoms with Crippen LogP contribution in [0.2, 0.25) is 0 Å². The Morgan fingerprint density at radius 1 is 1.64 bits per heavy atom. The number of hydrogen-bond donors (Lipinski definition) is 1. The minimum atomic E-state index is -0.626. The molecule has 82 valence electrons. The smallest absolute Gasteiger partial charge is 0.307 e. The summed E-state index contributed by atoms with van der Waals surface area (Å²) in [4.78, 5) is 13.2. The minimum Gasteiger partial charge on any atom is -0.481 e. The fraction of sp³-hybridized carbons (Fsp3) is 0.909. The predicted octanol–water partition coefficient (Wildman–Crippen LogP) is 1.97. The van der Waals surface area contributed by atoms with Crippen molar-refractivity contribution >= 4 is 5.97 Å². The van der Waals surface area contributed by atoms with Gasteiger partial charge in [-0.2, -0.15) is 0 Å². The van der Waals surface area contributed by atoms with Crippen LogP contribution in [0.3, 0.4) is 0 Å². The van der Waals surface area contributed by atoms with Crippen LogP contribution >= 0.6 is 0 Å². The number of likely N-dealkylation sites (tertiary alicyclic amines) is 1. The molecule has 1 N–H and O–H groups in total. The topological polar surface area (TPSA) is 40.5 Å². The second-order valence-corrected chi connectivity index (χ2v) is 4.31. The van der Waals surface area contributed by atoms with Gasteiger partial charge in [-0.05, 0) is 32.7 Å². The molecule has 1 aliphatic rings. The van der Waals surface area contributed by atoms with E-state index in [1.54, 1.807) is 0 Å². The first-order chi connectivity index (χ1) is 6.65. The lowest BCUT2D eigenvalue weighted by Gasteiger charge is -2.35. The largest absolute Gasteiger partial charge is 0.481 e. The molecule has 0 aromatic rings. The molecule has 0 radical (unpaired) electrons. The highest BCUT2D eigenvalue weighted by molar-refractivity contribution is 5.70. The van der Waals surface area contributed by atoms with Gasteiger partial charge in [0.15, 0.2) is 0 Å². The Morgan fingerprint density at radius 2 is 2.36 bits per heavy atom. The molecule has 0 saturated carbocycles. The second kappa shape index (κ2) is 5.35. The summed E-state index contributed by atoms with van der Waals surface area (Å²) in [7, 11) is 0. The summed E-state index contributed by atoms with van der Waals surface area (Å²) in [6, 6.07) is 0.544. The number of aliphatic carboxylic acids is 1. The molecule has 3 heteroatoms. The Labute approximate surface area is 86.1 Å². The predicted molar refractivity (Wildman–Crippen MR) is 56.3 cm³/mol. The van der Waals surface area contributed by atoms with Crippen LogP contribution in [0.5, 0.6) is 0 Å². The van der Waals surface area contributed by atoms with E-state index in [0.717, 1.165) is 25.9 Å². The van der Waals surface area contributed by atoms with E-state index in [2.05, 4.69) is 18.7 Å². The van der Waals surface area contributed by atoms with E-state index in [0.29, 0.717) is 6.04 Å². The van der Waals surface area contributed by atoms with Crippen LogP contribution in [0.25, 0.3) is 0 Å². The van der Waals surface area contributed by atoms with E-state index in [9.17, 15) is 4.79 Å². The van der Waals surface area contributed by atoms with Crippen molar-refractivity contribution in [2.75, 3.05) is 13.1 Å². The van der Waals surface area contributed by atoms with E-state index >= 15 is 0 Å². The third kappa shape index (κ3) is 2.98. The highest BCUT2D eigenvalue weighted by Gasteiger charge is 2.27. The van der Waals surface area contributed by atoms with Crippen molar-refractivity contribution in [1.82, 2.24) is 4.90 Å². The van der Waals surface area contributed by atoms with Gasteiger partial charge < -0.3 is 5.11 Å². The Bertz CT molecular complexity index is 194. The van der Waals surface area contributed by atoms with Gasteiger partial charge in [0, 0.05) is 12.6 Å². The van der Waals surface area contributed by atoms with Crippen molar-refractivity contribution in [2.45, 2.75) is 45.6 Å². The van der Waals surface area contributed by atoms with E-state index in [4.69, 9.17) is 5.11 Å². The number of carboxylic acid groups (broad SMARTS) is 1. The maximum Gasteiger partial charge on any atom is 0.307 e. The van der Waals surface area contributed by atoms with Gasteiger partial charge in [-0.25, -0.2) is 0 Å². The number of piperidine rings is 1. The first kappa shape index (κ1) is 11.5. The van der Waals surface area contributed by atoms with Crippen molar-refractivity contribution in [1.29, 1.82) is 0 Å². The molecule has 0 spiro atoms. The summed E-state index contributed by atoms with van der Waals surface area (Å²) in [5, 5.41) is 8.94. The second-order valence-electron chi connectivity index (χ2n) is 4.31. The Hall–Kier alpha value is -0.570. The fourth-order valence-corrected chi connectivity index (χ4v) is 2.21. The molecular weight excluding hydrogens is 178 g/mol. The van der Waals surface area contributed by atoms with Crippen molar-refractivity contribution in [2.24, 2.45) is 5.92 Å². The van der Waals surface area contributed by atoms with Gasteiger partial charge in [0.25, 0.3) is 0 Å². The molecule has 0 amide bonds. The first-order valence-corrected chi connectivity index (χ1v) is 5.62. The third-order valence-corrected chi connectivity index (χ3v) is 3.13. The zero-order chi connectivity index (χ0) is 10.6. The van der Waals surface area contributed by atoms with Crippen LogP contribution in [-0.4, -0.2) is 35.1 Å². The van der Waals surface area contributed by atoms with Gasteiger partial charge in [0.05, 0.1) is 5.92 Å². The maximum absolute atomic E-state index is 10.9. The number of hydrogen-bond acceptors (Lipinski definition) is 2. The summed E-state index contributed by atoms with van der Waals surface area (Å²) >= 11 is 0. The average Bonchev–Trinajstić information content (AvgIpc) is 2.18. The summed E-state index contributed by atoms with van der Waals surface area (Å²) in [6.07, 6.45) is 4.23. The molecule has 1 heterocycles. The van der Waals surface area contributed by atoms with Crippen LogP contribution in [-0.2, 0) is 4.79 Å². The molecule has 2 unspecified atom stereocenters. The quantitative estimate of drug-likeness (QED) is 0.752. The van der Waals surface area contributed by atoms with Crippen LogP contribution in [0.4, 0.5) is 0 Å². The van der Waals surface area contributed by atoms with Crippen LogP contribution < -0.4 is 0 Å². The molecule has 1 rings (SSSR count). The van der Waals surface area contributed by atoms with Crippen molar-refractivity contribution in [3.63, 3.8) is 0 Å². The Balaban J connectivity index is 2.43. The molecule has 0 aromatic carbocycles. The number of nitrogens with zero attached hydrogens (tertiary/aromatic N) is 1. The maximum atomic E-state index is 10.9. The van der Waals surface area contributed by atoms with Gasteiger partial charge >= 0.3 is 5.97 Å². The fourth-order valence-electron chi connectivity index (χ4n) is 2.21. The van der Waals surface area contributed by atoms with Gasteiger partial charge in [-0.3, -0.25) is 9.69 Å². The monoisotopic (exact) mass is 199 g/mol. The zero-order valence-electron chi connectivity index (χ0n) is 9.20. The normalized spacial score (nSPS) is 26.0. The number of carbonyl (C=O) groups is 1. The van der Waals surface area contributed by atoms with Gasteiger partial charge in [0.1, 0.15) is 0 Å². The van der Waals surface area contributed by atoms with E-state index in [1.165, 1.54) is 12.8 Å². The van der Waals surface area contributed by atoms with Gasteiger partial charge in [0.2, 0.25) is 0 Å². The standard InChI is InChI=1S/C11H21NO2/c1-3-5-9(2)12-7-4-6-10(8-12)11(13)14/h9-10H,3-8H2,1-2H3,(H,13,14). The lowest BCUT2D eigenvalue weighted by atomic mass is 9.96. The van der Waals surface area contributed by atoms with Gasteiger partial charge in [-0.1, -0.05) is 13.3 Å². The van der Waals surface area contributed by atoms with Crippen LogP contribution in [0, 0.1) is 5.92 Å².